The molecule has 298 valence electrons. The molecular weight excluding hydrogens is 785 g/mol. The summed E-state index contributed by atoms with van der Waals surface area (Å²) in [5.41, 5.74) is 14.5. The number of benzene rings is 9. The molecule has 14 aromatic rings. The molecule has 0 N–H and O–H groups in total. The number of para-hydroxylation sites is 6. The molecule has 64 heavy (non-hydrogen) atoms. The van der Waals surface area contributed by atoms with E-state index in [0.717, 1.165) is 105 Å². The highest BCUT2D eigenvalue weighted by molar-refractivity contribution is 6.11. The lowest BCUT2D eigenvalue weighted by Crippen LogP contribution is -2.01. The maximum Gasteiger partial charge on any atom is 0.160 e. The lowest BCUT2D eigenvalue weighted by atomic mass is 10.0. The van der Waals surface area contributed by atoms with Crippen molar-refractivity contribution in [2.75, 3.05) is 0 Å². The van der Waals surface area contributed by atoms with Crippen molar-refractivity contribution in [1.82, 2.24) is 19.1 Å². The zero-order valence-corrected chi connectivity index (χ0v) is 34.2. The summed E-state index contributed by atoms with van der Waals surface area (Å²) in [4.78, 5) is 10.9. The van der Waals surface area contributed by atoms with Gasteiger partial charge in [0.25, 0.3) is 0 Å². The van der Waals surface area contributed by atoms with Gasteiger partial charge in [0.2, 0.25) is 0 Å². The minimum Gasteiger partial charge on any atom is -0.456 e. The van der Waals surface area contributed by atoms with Crippen molar-refractivity contribution in [2.24, 2.45) is 0 Å². The van der Waals surface area contributed by atoms with E-state index in [4.69, 9.17) is 18.8 Å². The normalized spacial score (nSPS) is 12.1. The third-order valence-corrected chi connectivity index (χ3v) is 12.9. The smallest absolute Gasteiger partial charge is 0.160 e. The molecule has 0 bridgehead atoms. The van der Waals surface area contributed by atoms with Crippen LogP contribution in [0.3, 0.4) is 0 Å². The number of hydrogen-bond acceptors (Lipinski definition) is 4. The van der Waals surface area contributed by atoms with Gasteiger partial charge in [0.15, 0.2) is 5.82 Å². The van der Waals surface area contributed by atoms with Crippen LogP contribution in [0.25, 0.3) is 133 Å². The summed E-state index contributed by atoms with van der Waals surface area (Å²) >= 11 is 0. The molecule has 9 aromatic carbocycles. The molecule has 0 aliphatic heterocycles. The summed E-state index contributed by atoms with van der Waals surface area (Å²) in [6, 6.07) is 72.7. The van der Waals surface area contributed by atoms with Gasteiger partial charge >= 0.3 is 0 Å². The molecule has 14 rings (SSSR count). The van der Waals surface area contributed by atoms with Gasteiger partial charge in [0, 0.05) is 71.2 Å². The average molecular weight is 819 g/mol. The third-order valence-electron chi connectivity index (χ3n) is 12.9. The molecule has 0 amide bonds. The quantitative estimate of drug-likeness (QED) is 0.174. The van der Waals surface area contributed by atoms with E-state index in [9.17, 15) is 0 Å². The standard InChI is InChI=1S/C58H34N4O2/c1-7-19-50-40(13-1)41-14-2-8-20-51(41)61(50)38-29-37(30-39(33-38)62-52-21-9-3-15-42(52)43-16-4-10-22-53(43)62)49-34-48(35-25-27-56-46(31-35)44-17-5-11-23-54(44)63-56)59-58(60-49)36-26-28-57-47(32-36)45-18-6-12-24-55(45)64-57/h1-34H. The zero-order valence-electron chi connectivity index (χ0n) is 34.2. The molecule has 6 heteroatoms. The van der Waals surface area contributed by atoms with Crippen molar-refractivity contribution in [1.29, 1.82) is 0 Å². The average Bonchev–Trinajstić information content (AvgIpc) is 4.11. The van der Waals surface area contributed by atoms with Gasteiger partial charge in [-0.05, 0) is 97.1 Å². The van der Waals surface area contributed by atoms with Crippen molar-refractivity contribution >= 4 is 87.5 Å². The van der Waals surface area contributed by atoms with Gasteiger partial charge in [-0.3, -0.25) is 0 Å². The molecule has 0 aliphatic rings. The Morgan fingerprint density at radius 1 is 0.281 bits per heavy atom. The van der Waals surface area contributed by atoms with E-state index in [0.29, 0.717) is 5.82 Å². The van der Waals surface area contributed by atoms with Crippen LogP contribution < -0.4 is 0 Å². The summed E-state index contributed by atoms with van der Waals surface area (Å²) in [6.45, 7) is 0. The van der Waals surface area contributed by atoms with E-state index in [1.165, 1.54) is 21.5 Å². The van der Waals surface area contributed by atoms with Crippen LogP contribution in [0.15, 0.2) is 215 Å². The largest absolute Gasteiger partial charge is 0.456 e. The van der Waals surface area contributed by atoms with E-state index in [1.54, 1.807) is 0 Å². The van der Waals surface area contributed by atoms with Crippen LogP contribution in [0.1, 0.15) is 0 Å². The van der Waals surface area contributed by atoms with Crippen LogP contribution in [0.2, 0.25) is 0 Å². The predicted molar refractivity (Wildman–Crippen MR) is 262 cm³/mol. The van der Waals surface area contributed by atoms with E-state index in [-0.39, 0.29) is 0 Å². The monoisotopic (exact) mass is 818 g/mol. The number of rotatable bonds is 5. The first kappa shape index (κ1) is 34.9. The van der Waals surface area contributed by atoms with Crippen molar-refractivity contribution in [3.05, 3.63) is 206 Å². The van der Waals surface area contributed by atoms with Gasteiger partial charge in [-0.2, -0.15) is 0 Å². The second-order valence-corrected chi connectivity index (χ2v) is 16.6. The summed E-state index contributed by atoms with van der Waals surface area (Å²) in [7, 11) is 0. The van der Waals surface area contributed by atoms with Crippen LogP contribution in [0, 0.1) is 0 Å². The predicted octanol–water partition coefficient (Wildman–Crippen LogP) is 15.5. The molecule has 6 nitrogen and oxygen atoms in total. The molecule has 5 heterocycles. The number of furan rings is 2. The molecule has 0 radical (unpaired) electrons. The summed E-state index contributed by atoms with van der Waals surface area (Å²) < 4.78 is 17.3. The fraction of sp³-hybridized carbons (Fsp3) is 0. The zero-order chi connectivity index (χ0) is 41.9. The van der Waals surface area contributed by atoms with Gasteiger partial charge in [0.05, 0.1) is 33.5 Å². The SMILES string of the molecule is c1ccc2c(c1)oc1ccc(-c3cc(-c4cc(-n5c6ccccc6c6ccccc65)cc(-n5c6ccccc6c6ccccc65)c4)nc(-c4ccc5oc6ccccc6c5c4)n3)cc12. The van der Waals surface area contributed by atoms with Gasteiger partial charge < -0.3 is 18.0 Å². The topological polar surface area (TPSA) is 61.9 Å². The molecule has 0 saturated carbocycles. The molecular formula is C58H34N4O2. The third kappa shape index (κ3) is 5.20. The van der Waals surface area contributed by atoms with Crippen molar-refractivity contribution in [2.45, 2.75) is 0 Å². The Morgan fingerprint density at radius 3 is 1.14 bits per heavy atom. The van der Waals surface area contributed by atoms with Gasteiger partial charge in [-0.25, -0.2) is 9.97 Å². The highest BCUT2D eigenvalue weighted by atomic mass is 16.3. The van der Waals surface area contributed by atoms with Gasteiger partial charge in [-0.1, -0.05) is 109 Å². The first-order valence-electron chi connectivity index (χ1n) is 21.6. The van der Waals surface area contributed by atoms with E-state index >= 15 is 0 Å². The summed E-state index contributed by atoms with van der Waals surface area (Å²) in [5, 5.41) is 9.02. The van der Waals surface area contributed by atoms with Gasteiger partial charge in [0.1, 0.15) is 22.3 Å². The number of fused-ring (bicyclic) bond motifs is 12. The Kier molecular flexibility index (Phi) is 7.30. The summed E-state index contributed by atoms with van der Waals surface area (Å²) in [6.07, 6.45) is 0. The fourth-order valence-electron chi connectivity index (χ4n) is 10.0. The van der Waals surface area contributed by atoms with Crippen molar-refractivity contribution < 1.29 is 8.83 Å². The Labute approximate surface area is 365 Å². The summed E-state index contributed by atoms with van der Waals surface area (Å²) in [5.74, 6) is 0.623. The Balaban J connectivity index is 1.07. The Morgan fingerprint density at radius 2 is 0.656 bits per heavy atom. The highest BCUT2D eigenvalue weighted by Gasteiger charge is 2.20. The lowest BCUT2D eigenvalue weighted by Gasteiger charge is -2.16. The molecule has 0 fully saturated rings. The maximum absolute atomic E-state index is 6.27. The Bertz CT molecular complexity index is 3850. The van der Waals surface area contributed by atoms with Crippen LogP contribution in [0.4, 0.5) is 0 Å². The van der Waals surface area contributed by atoms with Crippen LogP contribution in [0.5, 0.6) is 0 Å². The first-order valence-corrected chi connectivity index (χ1v) is 21.6. The molecule has 0 saturated heterocycles. The van der Waals surface area contributed by atoms with Gasteiger partial charge in [-0.15, -0.1) is 0 Å². The molecule has 0 spiro atoms. The highest BCUT2D eigenvalue weighted by Crippen LogP contribution is 2.40. The Hall–Kier alpha value is -8.74. The van der Waals surface area contributed by atoms with Crippen molar-refractivity contribution in [3.8, 4) is 45.3 Å². The molecule has 0 unspecified atom stereocenters. The fourth-order valence-corrected chi connectivity index (χ4v) is 10.0. The lowest BCUT2D eigenvalue weighted by molar-refractivity contribution is 0.668. The van der Waals surface area contributed by atoms with E-state index < -0.39 is 0 Å². The van der Waals surface area contributed by atoms with Crippen molar-refractivity contribution in [3.63, 3.8) is 0 Å². The van der Waals surface area contributed by atoms with Crippen LogP contribution in [-0.2, 0) is 0 Å². The number of hydrogen-bond donors (Lipinski definition) is 0. The van der Waals surface area contributed by atoms with E-state index in [2.05, 4.69) is 179 Å². The van der Waals surface area contributed by atoms with Crippen LogP contribution in [-0.4, -0.2) is 19.1 Å². The number of aromatic nitrogens is 4. The second kappa shape index (κ2) is 13.4. The minimum absolute atomic E-state index is 0.623. The molecule has 0 atom stereocenters. The maximum atomic E-state index is 6.27. The molecule has 5 aromatic heterocycles. The van der Waals surface area contributed by atoms with E-state index in [1.807, 2.05) is 36.4 Å². The van der Waals surface area contributed by atoms with Crippen LogP contribution >= 0.6 is 0 Å². The minimum atomic E-state index is 0.623. The first-order chi connectivity index (χ1) is 31.7. The number of nitrogens with zero attached hydrogens (tertiary/aromatic N) is 4. The second-order valence-electron chi connectivity index (χ2n) is 16.6. The molecule has 0 aliphatic carbocycles.